The first kappa shape index (κ1) is 18.5. The summed E-state index contributed by atoms with van der Waals surface area (Å²) in [5.41, 5.74) is 0.0673. The van der Waals surface area contributed by atoms with Gasteiger partial charge in [-0.05, 0) is 43.4 Å². The van der Waals surface area contributed by atoms with Gasteiger partial charge in [-0.2, -0.15) is 0 Å². The number of nitrogens with one attached hydrogen (secondary N) is 1. The maximum Gasteiger partial charge on any atom is 0.325 e. The fourth-order valence-corrected chi connectivity index (χ4v) is 3.73. The lowest BCUT2D eigenvalue weighted by atomic mass is 9.92. The summed E-state index contributed by atoms with van der Waals surface area (Å²) >= 11 is 1.55. The highest BCUT2D eigenvalue weighted by molar-refractivity contribution is 7.09. The largest absolute Gasteiger partial charge is 0.325 e. The zero-order valence-corrected chi connectivity index (χ0v) is 15.9. The Morgan fingerprint density at radius 3 is 2.62 bits per heavy atom. The van der Waals surface area contributed by atoms with Crippen LogP contribution in [-0.2, 0) is 23.3 Å². The molecule has 1 N–H and O–H groups in total. The normalized spacial score (nSPS) is 20.1. The van der Waals surface area contributed by atoms with Gasteiger partial charge in [0.25, 0.3) is 5.91 Å². The maximum absolute atomic E-state index is 13.2. The van der Waals surface area contributed by atoms with E-state index in [0.29, 0.717) is 17.2 Å². The van der Waals surface area contributed by atoms with Crippen molar-refractivity contribution in [2.24, 2.45) is 5.92 Å². The van der Waals surface area contributed by atoms with Crippen LogP contribution < -0.4 is 5.32 Å². The van der Waals surface area contributed by atoms with Crippen molar-refractivity contribution in [2.45, 2.75) is 45.7 Å². The number of aryl methyl sites for hydroxylation is 1. The molecule has 5 nitrogen and oxygen atoms in total. The van der Waals surface area contributed by atoms with E-state index in [2.05, 4.69) is 24.1 Å². The number of benzene rings is 1. The summed E-state index contributed by atoms with van der Waals surface area (Å²) in [6.45, 7) is 6.10. The second-order valence-electron chi connectivity index (χ2n) is 7.12. The van der Waals surface area contributed by atoms with Crippen molar-refractivity contribution in [3.63, 3.8) is 0 Å². The number of thiazole rings is 1. The lowest BCUT2D eigenvalue weighted by molar-refractivity contribution is -0.131. The third-order valence-corrected chi connectivity index (χ3v) is 5.51. The molecule has 1 saturated heterocycles. The summed E-state index contributed by atoms with van der Waals surface area (Å²) < 4.78 is 13.2. The quantitative estimate of drug-likeness (QED) is 0.781. The van der Waals surface area contributed by atoms with Crippen LogP contribution in [0, 0.1) is 11.7 Å². The fraction of sp³-hybridized carbons (Fsp3) is 0.421. The number of urea groups is 1. The SMILES string of the molecule is CC(C)CCc1nc(CN2C(=O)NC(C)(c3ccc(F)cc3)C2=O)cs1. The molecule has 7 heteroatoms. The Kier molecular flexibility index (Phi) is 5.09. The van der Waals surface area contributed by atoms with Crippen LogP contribution in [0.25, 0.3) is 0 Å². The summed E-state index contributed by atoms with van der Waals surface area (Å²) in [6.07, 6.45) is 1.95. The number of amides is 3. The second-order valence-corrected chi connectivity index (χ2v) is 8.06. The zero-order chi connectivity index (χ0) is 18.9. The monoisotopic (exact) mass is 375 g/mol. The van der Waals surface area contributed by atoms with Crippen LogP contribution in [0.1, 0.15) is 43.5 Å². The molecule has 2 aromatic rings. The van der Waals surface area contributed by atoms with Crippen molar-refractivity contribution in [2.75, 3.05) is 0 Å². The van der Waals surface area contributed by atoms with Gasteiger partial charge in [-0.3, -0.25) is 9.69 Å². The molecule has 1 fully saturated rings. The standard InChI is InChI=1S/C19H22FN3O2S/c1-12(2)4-9-16-21-15(11-26-16)10-23-17(24)19(3,22-18(23)25)13-5-7-14(20)8-6-13/h5-8,11-12H,4,9-10H2,1-3H3,(H,22,25). The predicted octanol–water partition coefficient (Wildman–Crippen LogP) is 3.84. The van der Waals surface area contributed by atoms with Gasteiger partial charge < -0.3 is 5.32 Å². The molecule has 26 heavy (non-hydrogen) atoms. The molecule has 1 aromatic heterocycles. The van der Waals surface area contributed by atoms with E-state index in [1.807, 2.05) is 5.38 Å². The van der Waals surface area contributed by atoms with Crippen molar-refractivity contribution in [3.8, 4) is 0 Å². The van der Waals surface area contributed by atoms with Gasteiger partial charge >= 0.3 is 6.03 Å². The fourth-order valence-electron chi connectivity index (χ4n) is 2.93. The number of hydrogen-bond acceptors (Lipinski definition) is 4. The molecule has 1 aromatic carbocycles. The number of rotatable bonds is 6. The molecule has 1 atom stereocenters. The number of imide groups is 1. The van der Waals surface area contributed by atoms with Crippen molar-refractivity contribution in [3.05, 3.63) is 51.7 Å². The van der Waals surface area contributed by atoms with Crippen molar-refractivity contribution < 1.29 is 14.0 Å². The Labute approximate surface area is 156 Å². The number of carbonyl (C=O) groups excluding carboxylic acids is 2. The number of halogens is 1. The van der Waals surface area contributed by atoms with E-state index in [4.69, 9.17) is 0 Å². The first-order chi connectivity index (χ1) is 12.3. The van der Waals surface area contributed by atoms with Crippen LogP contribution >= 0.6 is 11.3 Å². The summed E-state index contributed by atoms with van der Waals surface area (Å²) in [5.74, 6) is -0.141. The van der Waals surface area contributed by atoms with Gasteiger partial charge in [0.1, 0.15) is 11.4 Å². The minimum atomic E-state index is -1.19. The molecule has 0 radical (unpaired) electrons. The Bertz CT molecular complexity index is 818. The Hall–Kier alpha value is -2.28. The Morgan fingerprint density at radius 1 is 1.27 bits per heavy atom. The highest BCUT2D eigenvalue weighted by Crippen LogP contribution is 2.30. The van der Waals surface area contributed by atoms with Crippen LogP contribution in [0.5, 0.6) is 0 Å². The number of aromatic nitrogens is 1. The van der Waals surface area contributed by atoms with Gasteiger partial charge in [-0.15, -0.1) is 11.3 Å². The van der Waals surface area contributed by atoms with Crippen molar-refractivity contribution >= 4 is 23.3 Å². The van der Waals surface area contributed by atoms with Crippen LogP contribution in [0.15, 0.2) is 29.6 Å². The molecule has 0 aliphatic carbocycles. The molecule has 1 aliphatic heterocycles. The summed E-state index contributed by atoms with van der Waals surface area (Å²) in [5, 5.41) is 5.63. The van der Waals surface area contributed by atoms with Crippen LogP contribution in [0.3, 0.4) is 0 Å². The van der Waals surface area contributed by atoms with Crippen LogP contribution in [0.2, 0.25) is 0 Å². The van der Waals surface area contributed by atoms with E-state index in [1.165, 1.54) is 29.2 Å². The van der Waals surface area contributed by atoms with Gasteiger partial charge in [0.15, 0.2) is 0 Å². The minimum Gasteiger partial charge on any atom is -0.319 e. The predicted molar refractivity (Wildman–Crippen MR) is 98.1 cm³/mol. The number of hydrogen-bond donors (Lipinski definition) is 1. The maximum atomic E-state index is 13.2. The Balaban J connectivity index is 1.74. The molecule has 1 unspecified atom stereocenters. The third-order valence-electron chi connectivity index (χ3n) is 4.55. The molecule has 0 spiro atoms. The van der Waals surface area contributed by atoms with Gasteiger partial charge in [0.2, 0.25) is 0 Å². The minimum absolute atomic E-state index is 0.139. The highest BCUT2D eigenvalue weighted by atomic mass is 32.1. The van der Waals surface area contributed by atoms with E-state index in [9.17, 15) is 14.0 Å². The molecule has 2 heterocycles. The second kappa shape index (κ2) is 7.15. The highest BCUT2D eigenvalue weighted by Gasteiger charge is 2.49. The first-order valence-electron chi connectivity index (χ1n) is 8.63. The van der Waals surface area contributed by atoms with Crippen molar-refractivity contribution in [1.29, 1.82) is 0 Å². The molecule has 0 bridgehead atoms. The average molecular weight is 375 g/mol. The van der Waals surface area contributed by atoms with Gasteiger partial charge in [-0.1, -0.05) is 26.0 Å². The summed E-state index contributed by atoms with van der Waals surface area (Å²) in [4.78, 5) is 30.9. The average Bonchev–Trinajstić information content (AvgIpc) is 3.12. The van der Waals surface area contributed by atoms with E-state index < -0.39 is 11.6 Å². The first-order valence-corrected chi connectivity index (χ1v) is 9.51. The number of carbonyl (C=O) groups is 2. The Morgan fingerprint density at radius 2 is 1.96 bits per heavy atom. The topological polar surface area (TPSA) is 62.3 Å². The number of nitrogens with zero attached hydrogens (tertiary/aromatic N) is 2. The molecule has 1 aliphatic rings. The van der Waals surface area contributed by atoms with Gasteiger partial charge in [0, 0.05) is 5.38 Å². The van der Waals surface area contributed by atoms with E-state index in [0.717, 1.165) is 17.8 Å². The molecular formula is C19H22FN3O2S. The van der Waals surface area contributed by atoms with Crippen molar-refractivity contribution in [1.82, 2.24) is 15.2 Å². The van der Waals surface area contributed by atoms with E-state index in [1.54, 1.807) is 18.3 Å². The lowest BCUT2D eigenvalue weighted by Crippen LogP contribution is -2.40. The molecule has 3 rings (SSSR count). The smallest absolute Gasteiger partial charge is 0.319 e. The molecule has 3 amide bonds. The molecule has 0 saturated carbocycles. The van der Waals surface area contributed by atoms with Crippen LogP contribution in [0.4, 0.5) is 9.18 Å². The zero-order valence-electron chi connectivity index (χ0n) is 15.1. The van der Waals surface area contributed by atoms with Gasteiger partial charge in [0.05, 0.1) is 17.2 Å². The molecular weight excluding hydrogens is 353 g/mol. The van der Waals surface area contributed by atoms with Gasteiger partial charge in [-0.25, -0.2) is 14.2 Å². The molecule has 138 valence electrons. The third kappa shape index (κ3) is 3.62. The van der Waals surface area contributed by atoms with E-state index in [-0.39, 0.29) is 18.3 Å². The van der Waals surface area contributed by atoms with E-state index >= 15 is 0 Å². The lowest BCUT2D eigenvalue weighted by Gasteiger charge is -2.22. The summed E-state index contributed by atoms with van der Waals surface area (Å²) in [6, 6.07) is 5.14. The summed E-state index contributed by atoms with van der Waals surface area (Å²) in [7, 11) is 0. The van der Waals surface area contributed by atoms with Crippen LogP contribution in [-0.4, -0.2) is 21.8 Å².